The second-order valence-electron chi connectivity index (χ2n) is 6.35. The molecule has 0 aliphatic carbocycles. The molecule has 0 atom stereocenters. The van der Waals surface area contributed by atoms with Gasteiger partial charge in [0, 0.05) is 5.56 Å². The number of nitrogens with zero attached hydrogens (tertiary/aromatic N) is 1. The lowest BCUT2D eigenvalue weighted by Gasteiger charge is -2.08. The molecule has 3 rings (SSSR count). The summed E-state index contributed by atoms with van der Waals surface area (Å²) in [7, 11) is 1.60. The number of unbranched alkanes of at least 4 members (excludes halogenated alkanes) is 1. The van der Waals surface area contributed by atoms with Crippen LogP contribution in [0.1, 0.15) is 25.5 Å². The van der Waals surface area contributed by atoms with Gasteiger partial charge in [0.05, 0.1) is 19.3 Å². The number of carboxylic acid groups (broad SMARTS) is 1. The molecule has 6 heteroatoms. The largest absolute Gasteiger partial charge is 0.497 e. The lowest BCUT2D eigenvalue weighted by molar-refractivity contribution is -0.136. The molecule has 1 aromatic heterocycles. The SMILES string of the molecule is CCCCOc1ccc(-c2c(-c3ccc(OC)cc3)noc2CC(=O)O)cc1. The molecular formula is C22H23NO5. The van der Waals surface area contributed by atoms with Crippen molar-refractivity contribution in [3.63, 3.8) is 0 Å². The summed E-state index contributed by atoms with van der Waals surface area (Å²) in [5.74, 6) is 0.851. The zero-order chi connectivity index (χ0) is 19.9. The zero-order valence-corrected chi connectivity index (χ0v) is 16.0. The number of benzene rings is 2. The number of hydrogen-bond donors (Lipinski definition) is 1. The van der Waals surface area contributed by atoms with Gasteiger partial charge >= 0.3 is 5.97 Å². The molecule has 0 amide bonds. The number of aliphatic carboxylic acids is 1. The highest BCUT2D eigenvalue weighted by atomic mass is 16.5. The molecule has 0 spiro atoms. The number of carboxylic acids is 1. The second-order valence-corrected chi connectivity index (χ2v) is 6.35. The van der Waals surface area contributed by atoms with Crippen molar-refractivity contribution >= 4 is 5.97 Å². The number of hydrogen-bond acceptors (Lipinski definition) is 5. The van der Waals surface area contributed by atoms with Gasteiger partial charge in [0.1, 0.15) is 23.6 Å². The van der Waals surface area contributed by atoms with E-state index in [0.29, 0.717) is 23.6 Å². The molecule has 0 saturated carbocycles. The minimum Gasteiger partial charge on any atom is -0.497 e. The Kier molecular flexibility index (Phi) is 6.32. The van der Waals surface area contributed by atoms with E-state index in [9.17, 15) is 9.90 Å². The maximum atomic E-state index is 11.3. The first kappa shape index (κ1) is 19.5. The van der Waals surface area contributed by atoms with Crippen LogP contribution in [0.4, 0.5) is 0 Å². The first-order chi connectivity index (χ1) is 13.6. The molecule has 6 nitrogen and oxygen atoms in total. The van der Waals surface area contributed by atoms with E-state index in [1.807, 2.05) is 48.5 Å². The number of methoxy groups -OCH3 is 1. The topological polar surface area (TPSA) is 81.8 Å². The van der Waals surface area contributed by atoms with Crippen LogP contribution in [-0.2, 0) is 11.2 Å². The van der Waals surface area contributed by atoms with Crippen LogP contribution in [0.25, 0.3) is 22.4 Å². The van der Waals surface area contributed by atoms with Crippen LogP contribution in [0.5, 0.6) is 11.5 Å². The molecule has 146 valence electrons. The maximum Gasteiger partial charge on any atom is 0.311 e. The van der Waals surface area contributed by atoms with Crippen LogP contribution in [0.3, 0.4) is 0 Å². The first-order valence-electron chi connectivity index (χ1n) is 9.20. The Hall–Kier alpha value is -3.28. The summed E-state index contributed by atoms with van der Waals surface area (Å²) in [6.45, 7) is 2.79. The molecule has 3 aromatic rings. The molecule has 0 radical (unpaired) electrons. The van der Waals surface area contributed by atoms with E-state index >= 15 is 0 Å². The second kappa shape index (κ2) is 9.08. The van der Waals surface area contributed by atoms with Crippen LogP contribution in [0, 0.1) is 0 Å². The van der Waals surface area contributed by atoms with Gasteiger partial charge in [-0.05, 0) is 48.4 Å². The highest BCUT2D eigenvalue weighted by Gasteiger charge is 2.21. The van der Waals surface area contributed by atoms with Gasteiger partial charge < -0.3 is 19.1 Å². The smallest absolute Gasteiger partial charge is 0.311 e. The Bertz CT molecular complexity index is 913. The van der Waals surface area contributed by atoms with Crippen LogP contribution >= 0.6 is 0 Å². The third-order valence-corrected chi connectivity index (χ3v) is 4.35. The van der Waals surface area contributed by atoms with Gasteiger partial charge in [0.2, 0.25) is 0 Å². The maximum absolute atomic E-state index is 11.3. The first-order valence-corrected chi connectivity index (χ1v) is 9.20. The van der Waals surface area contributed by atoms with Crippen molar-refractivity contribution in [2.24, 2.45) is 0 Å². The van der Waals surface area contributed by atoms with Gasteiger partial charge in [-0.3, -0.25) is 4.79 Å². The van der Waals surface area contributed by atoms with E-state index in [2.05, 4.69) is 12.1 Å². The van der Waals surface area contributed by atoms with E-state index in [0.717, 1.165) is 35.5 Å². The van der Waals surface area contributed by atoms with Crippen molar-refractivity contribution in [2.45, 2.75) is 26.2 Å². The third-order valence-electron chi connectivity index (χ3n) is 4.35. The summed E-state index contributed by atoms with van der Waals surface area (Å²) in [5.41, 5.74) is 2.91. The van der Waals surface area contributed by atoms with E-state index in [4.69, 9.17) is 14.0 Å². The Morgan fingerprint density at radius 1 is 1.04 bits per heavy atom. The summed E-state index contributed by atoms with van der Waals surface area (Å²) < 4.78 is 16.3. The number of carbonyl (C=O) groups is 1. The number of aromatic nitrogens is 1. The quantitative estimate of drug-likeness (QED) is 0.535. The number of ether oxygens (including phenoxy) is 2. The summed E-state index contributed by atoms with van der Waals surface area (Å²) in [4.78, 5) is 11.3. The van der Waals surface area contributed by atoms with Crippen LogP contribution in [0.15, 0.2) is 53.1 Å². The van der Waals surface area contributed by atoms with Crippen LogP contribution < -0.4 is 9.47 Å². The molecular weight excluding hydrogens is 358 g/mol. The highest BCUT2D eigenvalue weighted by molar-refractivity contribution is 5.85. The minimum absolute atomic E-state index is 0.243. The lowest BCUT2D eigenvalue weighted by Crippen LogP contribution is -2.00. The predicted molar refractivity (Wildman–Crippen MR) is 106 cm³/mol. The molecule has 0 aliphatic heterocycles. The van der Waals surface area contributed by atoms with Crippen LogP contribution in [-0.4, -0.2) is 29.9 Å². The summed E-state index contributed by atoms with van der Waals surface area (Å²) >= 11 is 0. The zero-order valence-electron chi connectivity index (χ0n) is 16.0. The van der Waals surface area contributed by atoms with E-state index < -0.39 is 5.97 Å². The molecule has 1 N–H and O–H groups in total. The van der Waals surface area contributed by atoms with E-state index in [1.54, 1.807) is 7.11 Å². The van der Waals surface area contributed by atoms with E-state index in [-0.39, 0.29) is 6.42 Å². The standard InChI is InChI=1S/C22H23NO5/c1-3-4-13-27-18-11-5-15(6-12-18)21-19(14-20(24)25)28-23-22(21)16-7-9-17(26-2)10-8-16/h5-12H,3-4,13-14H2,1-2H3,(H,24,25). The number of rotatable bonds is 9. The van der Waals surface area contributed by atoms with Gasteiger partial charge in [0.25, 0.3) is 0 Å². The average molecular weight is 381 g/mol. The normalized spacial score (nSPS) is 10.6. The Morgan fingerprint density at radius 3 is 2.29 bits per heavy atom. The summed E-state index contributed by atoms with van der Waals surface area (Å²) in [5, 5.41) is 13.4. The molecule has 0 saturated heterocycles. The Labute approximate surface area is 163 Å². The molecule has 0 bridgehead atoms. The van der Waals surface area contributed by atoms with Crippen molar-refractivity contribution in [1.82, 2.24) is 5.16 Å². The van der Waals surface area contributed by atoms with Gasteiger partial charge in [-0.1, -0.05) is 30.6 Å². The molecule has 0 fully saturated rings. The molecule has 0 unspecified atom stereocenters. The Balaban J connectivity index is 1.97. The van der Waals surface area contributed by atoms with Crippen molar-refractivity contribution in [2.75, 3.05) is 13.7 Å². The Morgan fingerprint density at radius 2 is 1.68 bits per heavy atom. The predicted octanol–water partition coefficient (Wildman–Crippen LogP) is 4.82. The van der Waals surface area contributed by atoms with Crippen molar-refractivity contribution in [3.8, 4) is 33.9 Å². The van der Waals surface area contributed by atoms with Crippen molar-refractivity contribution in [3.05, 3.63) is 54.3 Å². The molecule has 28 heavy (non-hydrogen) atoms. The van der Waals surface area contributed by atoms with Gasteiger partial charge in [0.15, 0.2) is 5.76 Å². The third kappa shape index (κ3) is 4.52. The van der Waals surface area contributed by atoms with Gasteiger partial charge in [-0.15, -0.1) is 0 Å². The molecule has 0 aliphatic rings. The fourth-order valence-electron chi connectivity index (χ4n) is 2.88. The van der Waals surface area contributed by atoms with Crippen molar-refractivity contribution < 1.29 is 23.9 Å². The lowest BCUT2D eigenvalue weighted by atomic mass is 9.98. The van der Waals surface area contributed by atoms with Crippen LogP contribution in [0.2, 0.25) is 0 Å². The summed E-state index contributed by atoms with van der Waals surface area (Å²) in [6.07, 6.45) is 1.83. The minimum atomic E-state index is -0.974. The highest BCUT2D eigenvalue weighted by Crippen LogP contribution is 2.36. The fraction of sp³-hybridized carbons (Fsp3) is 0.273. The molecule has 1 heterocycles. The fourth-order valence-corrected chi connectivity index (χ4v) is 2.88. The van der Waals surface area contributed by atoms with Gasteiger partial charge in [-0.2, -0.15) is 0 Å². The van der Waals surface area contributed by atoms with Gasteiger partial charge in [-0.25, -0.2) is 0 Å². The average Bonchev–Trinajstić information content (AvgIpc) is 3.11. The monoisotopic (exact) mass is 381 g/mol. The van der Waals surface area contributed by atoms with E-state index in [1.165, 1.54) is 0 Å². The van der Waals surface area contributed by atoms with Crippen molar-refractivity contribution in [1.29, 1.82) is 0 Å². The summed E-state index contributed by atoms with van der Waals surface area (Å²) in [6, 6.07) is 14.9. The molecule has 2 aromatic carbocycles.